The van der Waals surface area contributed by atoms with E-state index in [1.807, 2.05) is 19.9 Å². The Morgan fingerprint density at radius 3 is 2.60 bits per heavy atom. The number of carbonyl (C=O) groups is 1. The number of nitrogens with two attached hydrogens (primary N) is 1. The van der Waals surface area contributed by atoms with E-state index in [1.54, 1.807) is 0 Å². The normalized spacial score (nSPS) is 32.0. The van der Waals surface area contributed by atoms with Gasteiger partial charge in [0.25, 0.3) is 0 Å². The lowest BCUT2D eigenvalue weighted by Crippen LogP contribution is -2.30. The molecule has 0 spiro atoms. The van der Waals surface area contributed by atoms with Crippen molar-refractivity contribution < 1.29 is 4.79 Å². The average molecular weight is 139 g/mol. The van der Waals surface area contributed by atoms with Crippen LogP contribution in [0.25, 0.3) is 0 Å². The summed E-state index contributed by atoms with van der Waals surface area (Å²) >= 11 is 0. The van der Waals surface area contributed by atoms with Crippen LogP contribution in [0.15, 0.2) is 11.6 Å². The van der Waals surface area contributed by atoms with Crippen LogP contribution in [-0.2, 0) is 4.79 Å². The van der Waals surface area contributed by atoms with Crippen molar-refractivity contribution in [3.05, 3.63) is 11.6 Å². The zero-order valence-electron chi connectivity index (χ0n) is 6.48. The van der Waals surface area contributed by atoms with Crippen molar-refractivity contribution in [3.8, 4) is 0 Å². The third kappa shape index (κ3) is 1.06. The molecule has 0 aromatic carbocycles. The van der Waals surface area contributed by atoms with Gasteiger partial charge in [0, 0.05) is 0 Å². The standard InChI is InChI=1S/C8H13NO/c1-6-3-4-8(2,5-6)7(9)10/h5H,3-4H2,1-2H3,(H2,9,10)/t8-/m1/s1. The summed E-state index contributed by atoms with van der Waals surface area (Å²) in [6.45, 7) is 3.93. The van der Waals surface area contributed by atoms with Crippen molar-refractivity contribution in [2.45, 2.75) is 26.7 Å². The van der Waals surface area contributed by atoms with Crippen molar-refractivity contribution in [2.24, 2.45) is 11.1 Å². The van der Waals surface area contributed by atoms with Gasteiger partial charge in [-0.05, 0) is 26.7 Å². The van der Waals surface area contributed by atoms with E-state index in [4.69, 9.17) is 5.73 Å². The van der Waals surface area contributed by atoms with Gasteiger partial charge in [-0.25, -0.2) is 0 Å². The molecule has 0 aromatic heterocycles. The Kier molecular flexibility index (Phi) is 1.55. The summed E-state index contributed by atoms with van der Waals surface area (Å²) in [6, 6.07) is 0. The highest BCUT2D eigenvalue weighted by Crippen LogP contribution is 2.34. The summed E-state index contributed by atoms with van der Waals surface area (Å²) in [7, 11) is 0. The number of amides is 1. The topological polar surface area (TPSA) is 43.1 Å². The molecule has 1 aliphatic carbocycles. The molecule has 1 atom stereocenters. The molecular formula is C8H13NO. The molecule has 1 rings (SSSR count). The Morgan fingerprint density at radius 2 is 2.40 bits per heavy atom. The molecule has 0 saturated heterocycles. The summed E-state index contributed by atoms with van der Waals surface area (Å²) < 4.78 is 0. The van der Waals surface area contributed by atoms with Gasteiger partial charge in [-0.1, -0.05) is 11.6 Å². The van der Waals surface area contributed by atoms with Crippen molar-refractivity contribution in [1.82, 2.24) is 0 Å². The zero-order valence-corrected chi connectivity index (χ0v) is 6.48. The molecule has 0 aromatic rings. The first-order chi connectivity index (χ1) is 4.54. The average Bonchev–Trinajstić information content (AvgIpc) is 2.13. The number of carbonyl (C=O) groups excluding carboxylic acids is 1. The Balaban J connectivity index is 2.82. The molecule has 0 unspecified atom stereocenters. The van der Waals surface area contributed by atoms with E-state index < -0.39 is 0 Å². The first-order valence-corrected chi connectivity index (χ1v) is 3.53. The van der Waals surface area contributed by atoms with E-state index in [9.17, 15) is 4.79 Å². The molecule has 0 bridgehead atoms. The molecule has 56 valence electrons. The molecule has 1 amide bonds. The second-order valence-electron chi connectivity index (χ2n) is 3.27. The molecule has 2 heteroatoms. The number of hydrogen-bond donors (Lipinski definition) is 1. The highest BCUT2D eigenvalue weighted by Gasteiger charge is 2.31. The van der Waals surface area contributed by atoms with Crippen LogP contribution in [0.1, 0.15) is 26.7 Å². The van der Waals surface area contributed by atoms with Gasteiger partial charge in [-0.3, -0.25) is 4.79 Å². The van der Waals surface area contributed by atoms with Gasteiger partial charge >= 0.3 is 0 Å². The van der Waals surface area contributed by atoms with Gasteiger partial charge in [0.1, 0.15) is 0 Å². The van der Waals surface area contributed by atoms with Crippen LogP contribution in [0.3, 0.4) is 0 Å². The van der Waals surface area contributed by atoms with E-state index in [0.717, 1.165) is 12.8 Å². The van der Waals surface area contributed by atoms with Gasteiger partial charge in [0.2, 0.25) is 5.91 Å². The van der Waals surface area contributed by atoms with E-state index in [2.05, 4.69) is 0 Å². The van der Waals surface area contributed by atoms with Crippen LogP contribution in [0.5, 0.6) is 0 Å². The minimum Gasteiger partial charge on any atom is -0.369 e. The van der Waals surface area contributed by atoms with Crippen molar-refractivity contribution in [1.29, 1.82) is 0 Å². The Hall–Kier alpha value is -0.790. The van der Waals surface area contributed by atoms with E-state index in [0.29, 0.717) is 0 Å². The van der Waals surface area contributed by atoms with Gasteiger partial charge in [-0.15, -0.1) is 0 Å². The molecule has 1 aliphatic rings. The largest absolute Gasteiger partial charge is 0.369 e. The summed E-state index contributed by atoms with van der Waals surface area (Å²) in [6.07, 6.45) is 3.88. The third-order valence-corrected chi connectivity index (χ3v) is 2.17. The zero-order chi connectivity index (χ0) is 7.78. The second-order valence-corrected chi connectivity index (χ2v) is 3.27. The fourth-order valence-electron chi connectivity index (χ4n) is 1.34. The first-order valence-electron chi connectivity index (χ1n) is 3.53. The first kappa shape index (κ1) is 7.32. The summed E-state index contributed by atoms with van der Waals surface area (Å²) in [5, 5.41) is 0. The third-order valence-electron chi connectivity index (χ3n) is 2.17. The quantitative estimate of drug-likeness (QED) is 0.545. The lowest BCUT2D eigenvalue weighted by atomic mass is 9.90. The molecular weight excluding hydrogens is 126 g/mol. The molecule has 0 heterocycles. The Morgan fingerprint density at radius 1 is 1.80 bits per heavy atom. The molecule has 2 N–H and O–H groups in total. The lowest BCUT2D eigenvalue weighted by molar-refractivity contribution is -0.124. The van der Waals surface area contributed by atoms with Crippen LogP contribution < -0.4 is 5.73 Å². The van der Waals surface area contributed by atoms with Gasteiger partial charge in [0.05, 0.1) is 5.41 Å². The van der Waals surface area contributed by atoms with Crippen molar-refractivity contribution in [2.75, 3.05) is 0 Å². The minimum atomic E-state index is -0.357. The number of allylic oxidation sites excluding steroid dienone is 1. The SMILES string of the molecule is CC1=C[C@](C)(C(N)=O)CC1. The Bertz CT molecular complexity index is 195. The van der Waals surface area contributed by atoms with Gasteiger partial charge in [0.15, 0.2) is 0 Å². The molecule has 0 aliphatic heterocycles. The number of primary amides is 1. The Labute approximate surface area is 61.1 Å². The van der Waals surface area contributed by atoms with Crippen LogP contribution >= 0.6 is 0 Å². The van der Waals surface area contributed by atoms with Gasteiger partial charge in [-0.2, -0.15) is 0 Å². The maximum atomic E-state index is 10.8. The van der Waals surface area contributed by atoms with Crippen molar-refractivity contribution in [3.63, 3.8) is 0 Å². The molecule has 0 radical (unpaired) electrons. The summed E-state index contributed by atoms with van der Waals surface area (Å²) in [5.41, 5.74) is 6.13. The maximum absolute atomic E-state index is 10.8. The van der Waals surface area contributed by atoms with E-state index in [-0.39, 0.29) is 11.3 Å². The van der Waals surface area contributed by atoms with Crippen LogP contribution in [0.4, 0.5) is 0 Å². The smallest absolute Gasteiger partial charge is 0.227 e. The maximum Gasteiger partial charge on any atom is 0.227 e. The minimum absolute atomic E-state index is 0.204. The van der Waals surface area contributed by atoms with Crippen LogP contribution in [0, 0.1) is 5.41 Å². The molecule has 0 fully saturated rings. The van der Waals surface area contributed by atoms with E-state index in [1.165, 1.54) is 5.57 Å². The van der Waals surface area contributed by atoms with Crippen LogP contribution in [0.2, 0.25) is 0 Å². The predicted octanol–water partition coefficient (Wildman–Crippen LogP) is 1.22. The fourth-order valence-corrected chi connectivity index (χ4v) is 1.34. The van der Waals surface area contributed by atoms with E-state index >= 15 is 0 Å². The van der Waals surface area contributed by atoms with Gasteiger partial charge < -0.3 is 5.73 Å². The molecule has 2 nitrogen and oxygen atoms in total. The van der Waals surface area contributed by atoms with Crippen LogP contribution in [-0.4, -0.2) is 5.91 Å². The highest BCUT2D eigenvalue weighted by atomic mass is 16.1. The number of rotatable bonds is 1. The monoisotopic (exact) mass is 139 g/mol. The predicted molar refractivity (Wildman–Crippen MR) is 40.3 cm³/mol. The lowest BCUT2D eigenvalue weighted by Gasteiger charge is -2.15. The van der Waals surface area contributed by atoms with Crippen molar-refractivity contribution >= 4 is 5.91 Å². The fraction of sp³-hybridized carbons (Fsp3) is 0.625. The number of hydrogen-bond acceptors (Lipinski definition) is 1. The highest BCUT2D eigenvalue weighted by molar-refractivity contribution is 5.83. The molecule has 0 saturated carbocycles. The summed E-state index contributed by atoms with van der Waals surface area (Å²) in [4.78, 5) is 10.8. The summed E-state index contributed by atoms with van der Waals surface area (Å²) in [5.74, 6) is -0.204. The second kappa shape index (κ2) is 2.11. The molecule has 10 heavy (non-hydrogen) atoms.